The van der Waals surface area contributed by atoms with Crippen LogP contribution in [-0.4, -0.2) is 103 Å². The number of carbonyl (C=O) groups is 4. The third-order valence-electron chi connectivity index (χ3n) is 8.81. The van der Waals surface area contributed by atoms with Crippen LogP contribution < -0.4 is 16.8 Å². The van der Waals surface area contributed by atoms with E-state index in [1.165, 1.54) is 16.7 Å². The molecular formula is C24H31N8O6S2+. The Kier molecular flexibility index (Phi) is 6.73. The topological polar surface area (TPSA) is 203 Å². The lowest BCUT2D eigenvalue weighted by Gasteiger charge is -2.55. The number of anilines is 1. The molecule has 0 aromatic carbocycles. The van der Waals surface area contributed by atoms with E-state index < -0.39 is 34.6 Å². The van der Waals surface area contributed by atoms with Gasteiger partial charge in [0.1, 0.15) is 30.3 Å². The summed E-state index contributed by atoms with van der Waals surface area (Å²) >= 11 is 2.33. The zero-order chi connectivity index (χ0) is 28.2. The van der Waals surface area contributed by atoms with Crippen LogP contribution in [0.4, 0.5) is 5.13 Å². The fraction of sp³-hybridized carbons (Fsp3) is 0.625. The van der Waals surface area contributed by atoms with Crippen molar-refractivity contribution in [3.8, 4) is 0 Å². The van der Waals surface area contributed by atoms with Crippen LogP contribution in [0.3, 0.4) is 0 Å². The Morgan fingerprint density at radius 3 is 2.50 bits per heavy atom. The number of aromatic nitrogens is 2. The number of carboxylic acids is 1. The Hall–Kier alpha value is -3.24. The number of fused-ring (bicyclic) bond motifs is 4. The summed E-state index contributed by atoms with van der Waals surface area (Å²) in [7, 11) is 0. The number of β-lactam (4-membered cyclic amide) rings is 1. The number of piperidine rings is 3. The number of aliphatic carboxylic acids is 1. The zero-order valence-corrected chi connectivity index (χ0v) is 23.3. The number of thioether (sulfide) groups is 1. The van der Waals surface area contributed by atoms with Crippen molar-refractivity contribution in [3.63, 3.8) is 0 Å². The highest BCUT2D eigenvalue weighted by atomic mass is 32.2. The molecule has 14 nitrogen and oxygen atoms in total. The van der Waals surface area contributed by atoms with Crippen LogP contribution in [-0.2, 0) is 24.0 Å². The Bertz CT molecular complexity index is 1320. The number of quaternary nitrogens is 1. The van der Waals surface area contributed by atoms with Gasteiger partial charge in [-0.2, -0.15) is 9.36 Å². The summed E-state index contributed by atoms with van der Waals surface area (Å²) in [4.78, 5) is 61.5. The van der Waals surface area contributed by atoms with Gasteiger partial charge >= 0.3 is 5.97 Å². The van der Waals surface area contributed by atoms with Crippen molar-refractivity contribution in [1.29, 1.82) is 0 Å². The third-order valence-corrected chi connectivity index (χ3v) is 10.7. The highest BCUT2D eigenvalue weighted by molar-refractivity contribution is 8.00. The molecular weight excluding hydrogens is 560 g/mol. The van der Waals surface area contributed by atoms with Crippen molar-refractivity contribution in [2.45, 2.75) is 43.5 Å². The molecule has 1 saturated carbocycles. The molecule has 6 heterocycles. The van der Waals surface area contributed by atoms with Crippen molar-refractivity contribution in [1.82, 2.24) is 19.6 Å². The van der Waals surface area contributed by atoms with E-state index >= 15 is 0 Å². The lowest BCUT2D eigenvalue weighted by Crippen LogP contribution is -2.71. The van der Waals surface area contributed by atoms with E-state index in [0.717, 1.165) is 44.0 Å². The Balaban J connectivity index is 1.17. The van der Waals surface area contributed by atoms with Crippen LogP contribution in [0.2, 0.25) is 0 Å². The molecule has 1 aromatic heterocycles. The summed E-state index contributed by atoms with van der Waals surface area (Å²) < 4.78 is 4.75. The van der Waals surface area contributed by atoms with Gasteiger partial charge in [-0.1, -0.05) is 5.16 Å². The van der Waals surface area contributed by atoms with Gasteiger partial charge in [0.25, 0.3) is 11.8 Å². The number of amides is 3. The monoisotopic (exact) mass is 591 g/mol. The molecule has 2 bridgehead atoms. The number of oxime groups is 1. The largest absolute Gasteiger partial charge is 0.477 e. The quantitative estimate of drug-likeness (QED) is 0.119. The summed E-state index contributed by atoms with van der Waals surface area (Å²) in [6.45, 7) is 3.12. The maximum Gasteiger partial charge on any atom is 0.352 e. The molecule has 7 rings (SSSR count). The molecule has 0 unspecified atom stereocenters. The van der Waals surface area contributed by atoms with Crippen molar-refractivity contribution in [2.75, 3.05) is 44.3 Å². The first-order chi connectivity index (χ1) is 19.1. The molecule has 1 aromatic rings. The van der Waals surface area contributed by atoms with Gasteiger partial charge in [0.15, 0.2) is 5.13 Å². The normalized spacial score (nSPS) is 31.4. The first-order valence-corrected chi connectivity index (χ1v) is 15.1. The minimum atomic E-state index is -1.17. The molecule has 16 heteroatoms. The van der Waals surface area contributed by atoms with Gasteiger partial charge in [-0.15, -0.1) is 11.8 Å². The molecule has 6 aliphatic rings. The van der Waals surface area contributed by atoms with Gasteiger partial charge in [0, 0.05) is 42.1 Å². The van der Waals surface area contributed by atoms with E-state index in [0.29, 0.717) is 54.1 Å². The van der Waals surface area contributed by atoms with Crippen molar-refractivity contribution in [3.05, 3.63) is 17.1 Å². The second kappa shape index (κ2) is 9.99. The van der Waals surface area contributed by atoms with Gasteiger partial charge in [0.05, 0.1) is 25.0 Å². The highest BCUT2D eigenvalue weighted by Gasteiger charge is 2.57. The molecule has 2 atom stereocenters. The predicted octanol–water partition coefficient (Wildman–Crippen LogP) is -0.524. The molecule has 1 aliphatic carbocycles. The van der Waals surface area contributed by atoms with Crippen LogP contribution in [0, 0.1) is 11.3 Å². The molecule has 3 amide bonds. The van der Waals surface area contributed by atoms with E-state index in [1.807, 2.05) is 0 Å². The number of nitrogen functional groups attached to an aromatic ring is 1. The number of hydrogen-bond acceptors (Lipinski definition) is 11. The minimum Gasteiger partial charge on any atom is -0.477 e. The fourth-order valence-corrected chi connectivity index (χ4v) is 7.87. The van der Waals surface area contributed by atoms with E-state index in [1.54, 1.807) is 0 Å². The van der Waals surface area contributed by atoms with Crippen molar-refractivity contribution >= 4 is 57.8 Å². The van der Waals surface area contributed by atoms with E-state index in [-0.39, 0.29) is 28.3 Å². The molecule has 5 aliphatic heterocycles. The third kappa shape index (κ3) is 4.71. The van der Waals surface area contributed by atoms with Crippen LogP contribution in [0.5, 0.6) is 0 Å². The summed E-state index contributed by atoms with van der Waals surface area (Å²) in [6.07, 6.45) is 4.16. The lowest BCUT2D eigenvalue weighted by molar-refractivity contribution is -0.940. The van der Waals surface area contributed by atoms with E-state index in [2.05, 4.69) is 19.8 Å². The van der Waals surface area contributed by atoms with Gasteiger partial charge in [-0.3, -0.25) is 19.3 Å². The number of primary amides is 1. The van der Waals surface area contributed by atoms with Crippen LogP contribution in [0.15, 0.2) is 16.4 Å². The Morgan fingerprint density at radius 1 is 1.23 bits per heavy atom. The van der Waals surface area contributed by atoms with E-state index in [9.17, 15) is 24.3 Å². The van der Waals surface area contributed by atoms with Gasteiger partial charge in [-0.25, -0.2) is 4.79 Å². The summed E-state index contributed by atoms with van der Waals surface area (Å²) in [5.41, 5.74) is 11.4. The first kappa shape index (κ1) is 27.0. The smallest absolute Gasteiger partial charge is 0.352 e. The zero-order valence-electron chi connectivity index (χ0n) is 21.7. The van der Waals surface area contributed by atoms with Crippen LogP contribution >= 0.6 is 23.3 Å². The standard InChI is InChI=1S/C24H30N8O6S2/c25-22(37)24-3-6-32(7-4-24,8-5-24)9-13-11-39-20-15(19(34)31(20)16(13)21(35)36)27-18(33)14(17-28-23(26)40-30-17)29-38-10-12-1-2-12/h12,15,20H,1-11H2,(H5-,25,26,27,28,30,33,35,36,37)/p+1/t15-,20+,24?,32?/m1/s1. The number of nitrogens with zero attached hydrogens (tertiary/aromatic N) is 5. The van der Waals surface area contributed by atoms with Crippen LogP contribution in [0.1, 0.15) is 37.9 Å². The van der Waals surface area contributed by atoms with Gasteiger partial charge < -0.3 is 31.2 Å². The van der Waals surface area contributed by atoms with Gasteiger partial charge in [-0.05, 0) is 18.8 Å². The second-order valence-electron chi connectivity index (χ2n) is 11.3. The molecule has 0 spiro atoms. The number of nitrogens with one attached hydrogen (secondary N) is 1. The molecule has 4 saturated heterocycles. The predicted molar refractivity (Wildman–Crippen MR) is 144 cm³/mol. The fourth-order valence-electron chi connectivity index (χ4n) is 6.10. The lowest BCUT2D eigenvalue weighted by atomic mass is 9.70. The second-order valence-corrected chi connectivity index (χ2v) is 13.2. The number of carboxylic acid groups (broad SMARTS) is 1. The first-order valence-electron chi connectivity index (χ1n) is 13.3. The summed E-state index contributed by atoms with van der Waals surface area (Å²) in [5, 5.41) is 16.3. The van der Waals surface area contributed by atoms with Crippen LogP contribution in [0.25, 0.3) is 0 Å². The van der Waals surface area contributed by atoms with Crippen molar-refractivity contribution < 1.29 is 33.6 Å². The minimum absolute atomic E-state index is 0.00136. The number of carbonyl (C=O) groups excluding carboxylic acids is 3. The average molecular weight is 592 g/mol. The highest BCUT2D eigenvalue weighted by Crippen LogP contribution is 2.46. The van der Waals surface area contributed by atoms with E-state index in [4.69, 9.17) is 16.3 Å². The molecule has 0 radical (unpaired) electrons. The molecule has 6 N–H and O–H groups in total. The maximum absolute atomic E-state index is 13.3. The molecule has 40 heavy (non-hydrogen) atoms. The SMILES string of the molecule is NC(=O)C12CC[N+](CC3=C(C(=O)O)N4C(=O)[C@@H](NC(=O)C(=NOCC5CC5)c5nsc(N)n5)[C@@H]4SC3)(CC1)CC2. The van der Waals surface area contributed by atoms with Crippen molar-refractivity contribution in [2.24, 2.45) is 22.2 Å². The number of rotatable bonds is 10. The Morgan fingerprint density at radius 2 is 1.93 bits per heavy atom. The summed E-state index contributed by atoms with van der Waals surface area (Å²) in [6, 6.07) is -0.939. The maximum atomic E-state index is 13.3. The molecule has 5 fully saturated rings. The summed E-state index contributed by atoms with van der Waals surface area (Å²) in [5.74, 6) is -1.80. The Labute approximate surface area is 237 Å². The number of hydrogen-bond donors (Lipinski definition) is 4. The average Bonchev–Trinajstić information content (AvgIpc) is 3.67. The number of nitrogens with two attached hydrogens (primary N) is 2. The molecule has 214 valence electrons. The van der Waals surface area contributed by atoms with Gasteiger partial charge in [0.2, 0.25) is 17.4 Å².